The topological polar surface area (TPSA) is 55.1 Å². The van der Waals surface area contributed by atoms with Gasteiger partial charge in [0.25, 0.3) is 0 Å². The molecule has 0 saturated heterocycles. The van der Waals surface area contributed by atoms with Crippen LogP contribution in [0.15, 0.2) is 18.2 Å². The van der Waals surface area contributed by atoms with Crippen LogP contribution in [0.1, 0.15) is 24.5 Å². The fourth-order valence-corrected chi connectivity index (χ4v) is 2.39. The van der Waals surface area contributed by atoms with Gasteiger partial charge in [0.05, 0.1) is 5.75 Å². The molecule has 0 aliphatic rings. The first kappa shape index (κ1) is 15.1. The molecule has 1 atom stereocenters. The van der Waals surface area contributed by atoms with Gasteiger partial charge in [0.2, 0.25) is 5.91 Å². The van der Waals surface area contributed by atoms with Crippen molar-refractivity contribution in [3.05, 3.63) is 29.3 Å². The van der Waals surface area contributed by atoms with Crippen molar-refractivity contribution in [2.75, 3.05) is 16.8 Å². The zero-order valence-corrected chi connectivity index (χ0v) is 12.1. The molecule has 1 aromatic carbocycles. The highest BCUT2D eigenvalue weighted by atomic mass is 32.2. The molecule has 0 fully saturated rings. The monoisotopic (exact) mass is 266 g/mol. The zero-order chi connectivity index (χ0) is 13.5. The van der Waals surface area contributed by atoms with Crippen LogP contribution in [0.2, 0.25) is 0 Å². The summed E-state index contributed by atoms with van der Waals surface area (Å²) in [6.07, 6.45) is 0.950. The Morgan fingerprint density at radius 1 is 1.44 bits per heavy atom. The molecule has 3 N–H and O–H groups in total. The lowest BCUT2D eigenvalue weighted by Gasteiger charge is -2.10. The van der Waals surface area contributed by atoms with Crippen molar-refractivity contribution in [2.45, 2.75) is 33.2 Å². The second kappa shape index (κ2) is 7.44. The highest BCUT2D eigenvalue weighted by Crippen LogP contribution is 2.16. The molecule has 4 heteroatoms. The van der Waals surface area contributed by atoms with Crippen LogP contribution in [-0.4, -0.2) is 23.5 Å². The molecular weight excluding hydrogens is 244 g/mol. The number of nitrogens with one attached hydrogen (secondary N) is 1. The van der Waals surface area contributed by atoms with Crippen molar-refractivity contribution in [3.63, 3.8) is 0 Å². The van der Waals surface area contributed by atoms with Gasteiger partial charge in [-0.3, -0.25) is 4.79 Å². The van der Waals surface area contributed by atoms with E-state index in [1.807, 2.05) is 32.0 Å². The van der Waals surface area contributed by atoms with Gasteiger partial charge in [-0.2, -0.15) is 11.8 Å². The molecule has 1 unspecified atom stereocenters. The summed E-state index contributed by atoms with van der Waals surface area (Å²) in [6, 6.07) is 6.24. The van der Waals surface area contributed by atoms with E-state index >= 15 is 0 Å². The Morgan fingerprint density at radius 2 is 2.17 bits per heavy atom. The fourth-order valence-electron chi connectivity index (χ4n) is 1.48. The Balaban J connectivity index is 2.42. The normalized spacial score (nSPS) is 12.2. The molecule has 18 heavy (non-hydrogen) atoms. The second-order valence-corrected chi connectivity index (χ2v) is 5.58. The molecular formula is C14H22N2OS. The average molecular weight is 266 g/mol. The van der Waals surface area contributed by atoms with Crippen molar-refractivity contribution in [3.8, 4) is 0 Å². The number of hydrogen-bond acceptors (Lipinski definition) is 3. The molecule has 0 bridgehead atoms. The maximum absolute atomic E-state index is 11.8. The number of thioether (sulfide) groups is 1. The second-order valence-electron chi connectivity index (χ2n) is 4.55. The van der Waals surface area contributed by atoms with E-state index in [0.717, 1.165) is 29.0 Å². The van der Waals surface area contributed by atoms with Crippen molar-refractivity contribution in [1.29, 1.82) is 0 Å². The lowest BCUT2D eigenvalue weighted by Crippen LogP contribution is -2.23. The first-order valence-electron chi connectivity index (χ1n) is 6.23. The Labute approximate surface area is 114 Å². The molecule has 3 nitrogen and oxygen atoms in total. The zero-order valence-electron chi connectivity index (χ0n) is 11.3. The number of rotatable bonds is 6. The molecule has 1 amide bonds. The molecule has 0 heterocycles. The SMILES string of the molecule is CCC(N)CSCC(=O)Nc1cc(C)ccc1C. The molecule has 0 aliphatic carbocycles. The summed E-state index contributed by atoms with van der Waals surface area (Å²) in [5.41, 5.74) is 8.94. The van der Waals surface area contributed by atoms with Crippen LogP contribution in [0.25, 0.3) is 0 Å². The van der Waals surface area contributed by atoms with Gasteiger partial charge in [-0.05, 0) is 37.5 Å². The Morgan fingerprint density at radius 3 is 2.83 bits per heavy atom. The maximum atomic E-state index is 11.8. The van der Waals surface area contributed by atoms with E-state index in [1.165, 1.54) is 0 Å². The predicted molar refractivity (Wildman–Crippen MR) is 80.1 cm³/mol. The van der Waals surface area contributed by atoms with E-state index < -0.39 is 0 Å². The van der Waals surface area contributed by atoms with E-state index in [9.17, 15) is 4.79 Å². The average Bonchev–Trinajstić information content (AvgIpc) is 2.33. The first-order valence-corrected chi connectivity index (χ1v) is 7.38. The molecule has 0 aromatic heterocycles. The van der Waals surface area contributed by atoms with Crippen LogP contribution < -0.4 is 11.1 Å². The molecule has 1 aromatic rings. The molecule has 0 spiro atoms. The first-order chi connectivity index (χ1) is 8.52. The number of amides is 1. The standard InChI is InChI=1S/C14H22N2OS/c1-4-12(15)8-18-9-14(17)16-13-7-10(2)5-6-11(13)3/h5-7,12H,4,8-9,15H2,1-3H3,(H,16,17). The van der Waals surface area contributed by atoms with Crippen molar-refractivity contribution in [1.82, 2.24) is 0 Å². The maximum Gasteiger partial charge on any atom is 0.234 e. The third-order valence-corrected chi connectivity index (χ3v) is 3.89. The third-order valence-electron chi connectivity index (χ3n) is 2.76. The number of hydrogen-bond donors (Lipinski definition) is 2. The van der Waals surface area contributed by atoms with Crippen LogP contribution in [0.4, 0.5) is 5.69 Å². The number of aryl methyl sites for hydroxylation is 2. The van der Waals surface area contributed by atoms with E-state index in [1.54, 1.807) is 11.8 Å². The predicted octanol–water partition coefficient (Wildman–Crippen LogP) is 2.71. The Kier molecular flexibility index (Phi) is 6.22. The van der Waals surface area contributed by atoms with Gasteiger partial charge in [-0.1, -0.05) is 19.1 Å². The minimum atomic E-state index is 0.0389. The number of anilines is 1. The van der Waals surface area contributed by atoms with Crippen LogP contribution in [0, 0.1) is 13.8 Å². The van der Waals surface area contributed by atoms with Gasteiger partial charge in [-0.15, -0.1) is 0 Å². The van der Waals surface area contributed by atoms with Crippen molar-refractivity contribution in [2.24, 2.45) is 5.73 Å². The van der Waals surface area contributed by atoms with Gasteiger partial charge in [0, 0.05) is 17.5 Å². The molecule has 0 aliphatic heterocycles. The minimum absolute atomic E-state index is 0.0389. The number of carbonyl (C=O) groups excluding carboxylic acids is 1. The van der Waals surface area contributed by atoms with Crippen molar-refractivity contribution < 1.29 is 4.79 Å². The summed E-state index contributed by atoms with van der Waals surface area (Å²) in [7, 11) is 0. The lowest BCUT2D eigenvalue weighted by atomic mass is 10.1. The van der Waals surface area contributed by atoms with Crippen LogP contribution in [-0.2, 0) is 4.79 Å². The lowest BCUT2D eigenvalue weighted by molar-refractivity contribution is -0.113. The third kappa shape index (κ3) is 5.10. The van der Waals surface area contributed by atoms with E-state index in [0.29, 0.717) is 5.75 Å². The highest BCUT2D eigenvalue weighted by molar-refractivity contribution is 8.00. The largest absolute Gasteiger partial charge is 0.327 e. The van der Waals surface area contributed by atoms with Crippen LogP contribution in [0.3, 0.4) is 0 Å². The van der Waals surface area contributed by atoms with Gasteiger partial charge in [-0.25, -0.2) is 0 Å². The number of nitrogens with two attached hydrogens (primary N) is 1. The Bertz CT molecular complexity index is 407. The molecule has 100 valence electrons. The summed E-state index contributed by atoms with van der Waals surface area (Å²) < 4.78 is 0. The van der Waals surface area contributed by atoms with Gasteiger partial charge < -0.3 is 11.1 Å². The summed E-state index contributed by atoms with van der Waals surface area (Å²) in [6.45, 7) is 6.07. The van der Waals surface area contributed by atoms with E-state index in [2.05, 4.69) is 12.2 Å². The smallest absolute Gasteiger partial charge is 0.234 e. The van der Waals surface area contributed by atoms with Gasteiger partial charge in [0.1, 0.15) is 0 Å². The quantitative estimate of drug-likeness (QED) is 0.832. The summed E-state index contributed by atoms with van der Waals surface area (Å²) >= 11 is 1.59. The minimum Gasteiger partial charge on any atom is -0.327 e. The van der Waals surface area contributed by atoms with E-state index in [4.69, 9.17) is 5.73 Å². The number of benzene rings is 1. The van der Waals surface area contributed by atoms with Crippen LogP contribution >= 0.6 is 11.8 Å². The van der Waals surface area contributed by atoms with E-state index in [-0.39, 0.29) is 11.9 Å². The number of carbonyl (C=O) groups is 1. The summed E-state index contributed by atoms with van der Waals surface area (Å²) in [4.78, 5) is 11.8. The summed E-state index contributed by atoms with van der Waals surface area (Å²) in [5, 5.41) is 2.94. The highest BCUT2D eigenvalue weighted by Gasteiger charge is 2.06. The molecule has 0 radical (unpaired) electrons. The van der Waals surface area contributed by atoms with Gasteiger partial charge in [0.15, 0.2) is 0 Å². The molecule has 1 rings (SSSR count). The Hall–Kier alpha value is -1.00. The van der Waals surface area contributed by atoms with Gasteiger partial charge >= 0.3 is 0 Å². The molecule has 0 saturated carbocycles. The van der Waals surface area contributed by atoms with Crippen LogP contribution in [0.5, 0.6) is 0 Å². The fraction of sp³-hybridized carbons (Fsp3) is 0.500. The summed E-state index contributed by atoms with van der Waals surface area (Å²) in [5.74, 6) is 1.33. The van der Waals surface area contributed by atoms with Crippen molar-refractivity contribution >= 4 is 23.4 Å².